The summed E-state index contributed by atoms with van der Waals surface area (Å²) in [5.41, 5.74) is 0.130. The number of unbranched alkanes of at least 4 members (excludes halogenated alkanes) is 2. The van der Waals surface area contributed by atoms with Gasteiger partial charge in [-0.2, -0.15) is 0 Å². The van der Waals surface area contributed by atoms with Crippen LogP contribution in [0.2, 0.25) is 0 Å². The summed E-state index contributed by atoms with van der Waals surface area (Å²) in [6, 6.07) is 6.32. The second-order valence-electron chi connectivity index (χ2n) is 15.3. The van der Waals surface area contributed by atoms with Gasteiger partial charge in [0.05, 0.1) is 12.0 Å². The van der Waals surface area contributed by atoms with E-state index in [9.17, 15) is 33.9 Å². The van der Waals surface area contributed by atoms with E-state index < -0.39 is 35.3 Å². The minimum Gasteiger partial charge on any atom is -0.478 e. The Morgan fingerprint density at radius 1 is 0.840 bits per heavy atom. The maximum absolute atomic E-state index is 13.5. The molecule has 1 aromatic carbocycles. The monoisotopic (exact) mass is 692 g/mol. The molecular weight excluding hydrogens is 640 g/mol. The first-order valence-electron chi connectivity index (χ1n) is 18.3. The van der Waals surface area contributed by atoms with Crippen LogP contribution in [0.15, 0.2) is 35.9 Å². The van der Waals surface area contributed by atoms with Crippen LogP contribution < -0.4 is 10.6 Å². The average molecular weight is 693 g/mol. The van der Waals surface area contributed by atoms with Crippen molar-refractivity contribution in [2.24, 2.45) is 28.6 Å². The number of rotatable bonds is 15. The van der Waals surface area contributed by atoms with Crippen LogP contribution in [0.5, 0.6) is 0 Å². The number of ether oxygens (including phenoxy) is 1. The average Bonchev–Trinajstić information content (AvgIpc) is 3.38. The number of hydrogen-bond donors (Lipinski definition) is 4. The molecule has 0 aromatic heterocycles. The van der Waals surface area contributed by atoms with E-state index in [1.54, 1.807) is 12.1 Å². The van der Waals surface area contributed by atoms with Crippen LogP contribution in [0.25, 0.3) is 0 Å². The molecule has 3 fully saturated rings. The maximum Gasteiger partial charge on any atom is 0.335 e. The normalized spacial score (nSPS) is 29.9. The van der Waals surface area contributed by atoms with Gasteiger partial charge in [0.15, 0.2) is 12.4 Å². The van der Waals surface area contributed by atoms with Crippen molar-refractivity contribution in [1.82, 2.24) is 10.6 Å². The fourth-order valence-electron chi connectivity index (χ4n) is 9.54. The van der Waals surface area contributed by atoms with Crippen molar-refractivity contribution in [3.05, 3.63) is 47.0 Å². The zero-order chi connectivity index (χ0) is 36.1. The Morgan fingerprint density at radius 2 is 1.56 bits per heavy atom. The second-order valence-corrected chi connectivity index (χ2v) is 15.3. The first-order chi connectivity index (χ1) is 23.8. The largest absolute Gasteiger partial charge is 0.478 e. The van der Waals surface area contributed by atoms with Gasteiger partial charge < -0.3 is 25.6 Å². The molecule has 50 heavy (non-hydrogen) atoms. The molecule has 11 nitrogen and oxygen atoms in total. The van der Waals surface area contributed by atoms with Gasteiger partial charge in [0.25, 0.3) is 0 Å². The van der Waals surface area contributed by atoms with Gasteiger partial charge in [-0.1, -0.05) is 38.0 Å². The molecule has 1 aromatic rings. The van der Waals surface area contributed by atoms with Gasteiger partial charge in [-0.15, -0.1) is 0 Å². The third kappa shape index (κ3) is 7.87. The number of aliphatic hydroxyl groups is 1. The molecule has 0 radical (unpaired) electrons. The number of carboxylic acid groups (broad SMARTS) is 1. The van der Waals surface area contributed by atoms with Gasteiger partial charge in [-0.3, -0.25) is 24.0 Å². The molecule has 6 atom stereocenters. The van der Waals surface area contributed by atoms with Crippen LogP contribution in [-0.4, -0.2) is 64.3 Å². The zero-order valence-electron chi connectivity index (χ0n) is 29.4. The highest BCUT2D eigenvalue weighted by molar-refractivity contribution is 5.92. The van der Waals surface area contributed by atoms with Gasteiger partial charge in [0.2, 0.25) is 17.6 Å². The molecule has 0 unspecified atom stereocenters. The highest BCUT2D eigenvalue weighted by Gasteiger charge is 2.66. The summed E-state index contributed by atoms with van der Waals surface area (Å²) in [5.74, 6) is -1.29. The quantitative estimate of drug-likeness (QED) is 0.148. The van der Waals surface area contributed by atoms with Crippen LogP contribution in [0, 0.1) is 28.6 Å². The topological polar surface area (TPSA) is 176 Å². The van der Waals surface area contributed by atoms with Crippen LogP contribution in [0.3, 0.4) is 0 Å². The maximum atomic E-state index is 13.5. The molecule has 11 heteroatoms. The Kier molecular flexibility index (Phi) is 11.7. The molecule has 2 amide bonds. The minimum absolute atomic E-state index is 0.00594. The number of ketones is 2. The van der Waals surface area contributed by atoms with E-state index >= 15 is 0 Å². The van der Waals surface area contributed by atoms with E-state index in [4.69, 9.17) is 9.84 Å². The summed E-state index contributed by atoms with van der Waals surface area (Å²) in [5, 5.41) is 26.4. The molecule has 4 aliphatic rings. The van der Waals surface area contributed by atoms with Crippen molar-refractivity contribution >= 4 is 35.3 Å². The number of amides is 2. The van der Waals surface area contributed by atoms with E-state index in [2.05, 4.69) is 17.6 Å². The van der Waals surface area contributed by atoms with Crippen molar-refractivity contribution in [3.63, 3.8) is 0 Å². The van der Waals surface area contributed by atoms with Gasteiger partial charge in [0, 0.05) is 37.8 Å². The lowest BCUT2D eigenvalue weighted by atomic mass is 9.46. The summed E-state index contributed by atoms with van der Waals surface area (Å²) < 4.78 is 5.27. The second kappa shape index (κ2) is 15.6. The summed E-state index contributed by atoms with van der Waals surface area (Å²) in [4.78, 5) is 73.3. The predicted octanol–water partition coefficient (Wildman–Crippen LogP) is 4.83. The first-order valence-corrected chi connectivity index (χ1v) is 18.3. The van der Waals surface area contributed by atoms with Crippen molar-refractivity contribution in [2.75, 3.05) is 13.2 Å². The van der Waals surface area contributed by atoms with Gasteiger partial charge >= 0.3 is 11.9 Å². The van der Waals surface area contributed by atoms with Crippen LogP contribution in [0.4, 0.5) is 0 Å². The molecule has 3 saturated carbocycles. The molecule has 0 aliphatic heterocycles. The number of nitrogens with one attached hydrogen (secondary N) is 2. The number of benzene rings is 1. The van der Waals surface area contributed by atoms with Gasteiger partial charge in [0.1, 0.15) is 5.60 Å². The van der Waals surface area contributed by atoms with E-state index in [0.717, 1.165) is 44.1 Å². The lowest BCUT2D eigenvalue weighted by molar-refractivity contribution is -0.170. The first kappa shape index (κ1) is 37.4. The Balaban J connectivity index is 0.959. The molecule has 0 spiro atoms. The lowest BCUT2D eigenvalue weighted by Crippen LogP contribution is -2.58. The molecule has 0 heterocycles. The number of allylic oxidation sites excluding steroid dienone is 1. The molecule has 272 valence electrons. The number of carbonyl (C=O) groups excluding carboxylic acids is 5. The van der Waals surface area contributed by atoms with Gasteiger partial charge in [-0.25, -0.2) is 4.79 Å². The van der Waals surface area contributed by atoms with Crippen LogP contribution in [0.1, 0.15) is 120 Å². The third-order valence-electron chi connectivity index (χ3n) is 12.6. The highest BCUT2D eigenvalue weighted by Crippen LogP contribution is 2.67. The number of fused-ring (bicyclic) bond motifs is 5. The molecule has 4 aliphatic carbocycles. The number of carbonyl (C=O) groups is 6. The fourth-order valence-corrected chi connectivity index (χ4v) is 9.54. The molecular formula is C39H52N2O9. The van der Waals surface area contributed by atoms with E-state index in [-0.39, 0.29) is 47.3 Å². The van der Waals surface area contributed by atoms with Crippen molar-refractivity contribution in [3.8, 4) is 0 Å². The number of hydrogen-bond acceptors (Lipinski definition) is 8. The van der Waals surface area contributed by atoms with E-state index in [1.165, 1.54) is 17.7 Å². The number of carboxylic acids is 1. The number of aromatic carboxylic acids is 1. The van der Waals surface area contributed by atoms with Crippen molar-refractivity contribution < 1.29 is 43.7 Å². The standard InChI is InChI=1S/C39H52N2O9/c1-37-18-15-28(42)22-27(37)11-12-29-30(37)16-19-38(2)31(29)17-20-39(38,49)32(43)24-50-35(46)14-13-34(45)40-21-5-3-4-6-33(44)41-23-25-7-9-26(10-8-25)36(47)48/h7-10,22,29-31,49H,3-6,11-21,23-24H2,1-2H3,(H,40,45)(H,41,44)(H,47,48)/t29-,30+,31+,37+,38+,39+/m1/s1. The lowest BCUT2D eigenvalue weighted by Gasteiger charge is -2.58. The number of Topliss-reactive ketones (excluding diaryl/α,β-unsaturated/α-hetero) is 1. The summed E-state index contributed by atoms with van der Waals surface area (Å²) in [6.45, 7) is 4.55. The Morgan fingerprint density at radius 3 is 2.30 bits per heavy atom. The predicted molar refractivity (Wildman–Crippen MR) is 184 cm³/mol. The van der Waals surface area contributed by atoms with Crippen LogP contribution in [-0.2, 0) is 35.3 Å². The summed E-state index contributed by atoms with van der Waals surface area (Å²) >= 11 is 0. The fraction of sp³-hybridized carbons (Fsp3) is 0.641. The molecule has 5 rings (SSSR count). The molecule has 0 saturated heterocycles. The summed E-state index contributed by atoms with van der Waals surface area (Å²) in [7, 11) is 0. The minimum atomic E-state index is -1.56. The number of esters is 1. The third-order valence-corrected chi connectivity index (χ3v) is 12.6. The zero-order valence-corrected chi connectivity index (χ0v) is 29.4. The van der Waals surface area contributed by atoms with Crippen LogP contribution >= 0.6 is 0 Å². The molecule has 0 bridgehead atoms. The molecule has 4 N–H and O–H groups in total. The Bertz CT molecular complexity index is 1520. The van der Waals surface area contributed by atoms with Crippen molar-refractivity contribution in [1.29, 1.82) is 0 Å². The highest BCUT2D eigenvalue weighted by atomic mass is 16.5. The van der Waals surface area contributed by atoms with E-state index in [0.29, 0.717) is 63.5 Å². The van der Waals surface area contributed by atoms with Crippen molar-refractivity contribution in [2.45, 2.75) is 116 Å². The Labute approximate surface area is 294 Å². The smallest absolute Gasteiger partial charge is 0.335 e. The Hall–Kier alpha value is -3.86. The van der Waals surface area contributed by atoms with Gasteiger partial charge in [-0.05, 0) is 105 Å². The summed E-state index contributed by atoms with van der Waals surface area (Å²) in [6.07, 6.45) is 10.0. The SMILES string of the molecule is C[C@]12CCC(=O)C=C1CC[C@@H]1[C@@H]2CC[C@@]2(C)[C@H]1CC[C@]2(O)C(=O)COC(=O)CCC(=O)NCCCCCC(=O)NCc1ccc(C(=O)O)cc1. The van der Waals surface area contributed by atoms with E-state index in [1.807, 2.05) is 13.0 Å².